The molecule has 0 atom stereocenters. The normalized spacial score (nSPS) is 9.12. The SMILES string of the molecule is COC(=O)C#Cc1cc(F)c([N+](=O)[O-])c(F)c1. The van der Waals surface area contributed by atoms with Crippen molar-refractivity contribution in [2.75, 3.05) is 7.11 Å². The lowest BCUT2D eigenvalue weighted by molar-refractivity contribution is -0.390. The molecular weight excluding hydrogens is 236 g/mol. The number of esters is 1. The molecule has 1 aromatic carbocycles. The highest BCUT2D eigenvalue weighted by molar-refractivity contribution is 5.89. The highest BCUT2D eigenvalue weighted by Gasteiger charge is 2.21. The van der Waals surface area contributed by atoms with E-state index in [1.54, 1.807) is 0 Å². The molecule has 17 heavy (non-hydrogen) atoms. The molecule has 0 amide bonds. The minimum absolute atomic E-state index is 0.198. The number of benzene rings is 1. The van der Waals surface area contributed by atoms with E-state index in [0.717, 1.165) is 7.11 Å². The van der Waals surface area contributed by atoms with Gasteiger partial charge >= 0.3 is 11.7 Å². The number of rotatable bonds is 1. The van der Waals surface area contributed by atoms with Gasteiger partial charge in [0.25, 0.3) is 0 Å². The van der Waals surface area contributed by atoms with Gasteiger partial charge in [-0.05, 0) is 12.1 Å². The van der Waals surface area contributed by atoms with Gasteiger partial charge < -0.3 is 4.74 Å². The number of nitro groups is 1. The highest BCUT2D eigenvalue weighted by atomic mass is 19.1. The fourth-order valence-electron chi connectivity index (χ4n) is 0.986. The Labute approximate surface area is 94.1 Å². The third-order valence-electron chi connectivity index (χ3n) is 1.69. The third-order valence-corrected chi connectivity index (χ3v) is 1.69. The Hall–Kier alpha value is -2.49. The molecule has 0 heterocycles. The first-order chi connectivity index (χ1) is 7.95. The van der Waals surface area contributed by atoms with Gasteiger partial charge in [-0.2, -0.15) is 8.78 Å². The molecule has 7 heteroatoms. The van der Waals surface area contributed by atoms with Crippen molar-refractivity contribution in [3.05, 3.63) is 39.4 Å². The number of halogens is 2. The van der Waals surface area contributed by atoms with Gasteiger partial charge in [0, 0.05) is 11.5 Å². The van der Waals surface area contributed by atoms with E-state index in [9.17, 15) is 23.7 Å². The fourth-order valence-corrected chi connectivity index (χ4v) is 0.986. The molecule has 0 N–H and O–H groups in total. The maximum Gasteiger partial charge on any atom is 0.384 e. The van der Waals surface area contributed by atoms with Gasteiger partial charge in [0.1, 0.15) is 0 Å². The second-order valence-corrected chi connectivity index (χ2v) is 2.79. The lowest BCUT2D eigenvalue weighted by atomic mass is 10.2. The predicted octanol–water partition coefficient (Wildman–Crippen LogP) is 1.40. The van der Waals surface area contributed by atoms with Crippen LogP contribution in [0.4, 0.5) is 14.5 Å². The molecular formula is C10H5F2NO4. The molecule has 0 bridgehead atoms. The molecule has 0 spiro atoms. The smallest absolute Gasteiger partial charge is 0.384 e. The number of hydrogen-bond acceptors (Lipinski definition) is 4. The van der Waals surface area contributed by atoms with E-state index in [-0.39, 0.29) is 5.56 Å². The van der Waals surface area contributed by atoms with E-state index < -0.39 is 28.2 Å². The molecule has 0 aliphatic rings. The van der Waals surface area contributed by atoms with Crippen LogP contribution in [0.15, 0.2) is 12.1 Å². The summed E-state index contributed by atoms with van der Waals surface area (Å²) in [6.45, 7) is 0. The molecule has 1 rings (SSSR count). The Balaban J connectivity index is 3.18. The monoisotopic (exact) mass is 241 g/mol. The van der Waals surface area contributed by atoms with Crippen LogP contribution in [-0.4, -0.2) is 18.0 Å². The summed E-state index contributed by atoms with van der Waals surface area (Å²) < 4.78 is 30.4. The lowest BCUT2D eigenvalue weighted by Gasteiger charge is -1.96. The van der Waals surface area contributed by atoms with Crippen molar-refractivity contribution >= 4 is 11.7 Å². The molecule has 0 aliphatic heterocycles. The van der Waals surface area contributed by atoms with E-state index in [1.165, 1.54) is 0 Å². The van der Waals surface area contributed by atoms with Crippen LogP contribution < -0.4 is 0 Å². The maximum atomic E-state index is 13.1. The van der Waals surface area contributed by atoms with Crippen LogP contribution >= 0.6 is 0 Å². The molecule has 0 aliphatic carbocycles. The highest BCUT2D eigenvalue weighted by Crippen LogP contribution is 2.22. The van der Waals surface area contributed by atoms with Crippen molar-refractivity contribution in [2.24, 2.45) is 0 Å². The van der Waals surface area contributed by atoms with Crippen molar-refractivity contribution in [3.63, 3.8) is 0 Å². The molecule has 5 nitrogen and oxygen atoms in total. The summed E-state index contributed by atoms with van der Waals surface area (Å²) in [6, 6.07) is 1.33. The average molecular weight is 241 g/mol. The first kappa shape index (κ1) is 12.6. The summed E-state index contributed by atoms with van der Waals surface area (Å²) in [5.41, 5.74) is -1.45. The lowest BCUT2D eigenvalue weighted by Crippen LogP contribution is -1.98. The zero-order valence-electron chi connectivity index (χ0n) is 8.49. The van der Waals surface area contributed by atoms with Crippen LogP contribution in [0.3, 0.4) is 0 Å². The Kier molecular flexibility index (Phi) is 3.72. The molecule has 0 fully saturated rings. The molecule has 1 aromatic rings. The first-order valence-electron chi connectivity index (χ1n) is 4.19. The van der Waals surface area contributed by atoms with E-state index in [2.05, 4.69) is 10.7 Å². The number of hydrogen-bond donors (Lipinski definition) is 0. The number of ether oxygens (including phenoxy) is 1. The van der Waals surface area contributed by atoms with E-state index in [0.29, 0.717) is 12.1 Å². The van der Waals surface area contributed by atoms with Crippen LogP contribution in [0, 0.1) is 33.6 Å². The van der Waals surface area contributed by atoms with Crippen LogP contribution in [0.25, 0.3) is 0 Å². The van der Waals surface area contributed by atoms with Crippen LogP contribution in [-0.2, 0) is 9.53 Å². The van der Waals surface area contributed by atoms with Gasteiger partial charge in [-0.15, -0.1) is 0 Å². The van der Waals surface area contributed by atoms with Gasteiger partial charge in [-0.1, -0.05) is 5.92 Å². The average Bonchev–Trinajstić information content (AvgIpc) is 2.24. The molecule has 88 valence electrons. The largest absolute Gasteiger partial charge is 0.459 e. The summed E-state index contributed by atoms with van der Waals surface area (Å²) in [4.78, 5) is 19.7. The molecule has 0 saturated heterocycles. The zero-order chi connectivity index (χ0) is 13.0. The van der Waals surface area contributed by atoms with Crippen molar-refractivity contribution < 1.29 is 23.2 Å². The number of carbonyl (C=O) groups excluding carboxylic acids is 1. The Morgan fingerprint density at radius 3 is 2.35 bits per heavy atom. The van der Waals surface area contributed by atoms with Crippen molar-refractivity contribution in [1.29, 1.82) is 0 Å². The number of nitrogens with zero attached hydrogens (tertiary/aromatic N) is 1. The summed E-state index contributed by atoms with van der Waals surface area (Å²) in [5, 5.41) is 10.3. The summed E-state index contributed by atoms with van der Waals surface area (Å²) >= 11 is 0. The summed E-state index contributed by atoms with van der Waals surface area (Å²) in [5.74, 6) is 0.454. The van der Waals surface area contributed by atoms with Crippen LogP contribution in [0.1, 0.15) is 5.56 Å². The molecule has 0 saturated carbocycles. The minimum Gasteiger partial charge on any atom is -0.459 e. The van der Waals surface area contributed by atoms with Crippen LogP contribution in [0.2, 0.25) is 0 Å². The van der Waals surface area contributed by atoms with Crippen molar-refractivity contribution in [3.8, 4) is 11.8 Å². The van der Waals surface area contributed by atoms with Gasteiger partial charge in [0.2, 0.25) is 11.6 Å². The zero-order valence-corrected chi connectivity index (χ0v) is 8.49. The second kappa shape index (κ2) is 5.03. The molecule has 0 aromatic heterocycles. The van der Waals surface area contributed by atoms with Gasteiger partial charge in [0.05, 0.1) is 12.0 Å². The van der Waals surface area contributed by atoms with E-state index in [1.807, 2.05) is 5.92 Å². The van der Waals surface area contributed by atoms with Gasteiger partial charge in [0.15, 0.2) is 0 Å². The topological polar surface area (TPSA) is 69.4 Å². The van der Waals surface area contributed by atoms with Gasteiger partial charge in [-0.3, -0.25) is 10.1 Å². The molecule has 0 radical (unpaired) electrons. The Morgan fingerprint density at radius 2 is 1.94 bits per heavy atom. The van der Waals surface area contributed by atoms with Crippen LogP contribution in [0.5, 0.6) is 0 Å². The maximum absolute atomic E-state index is 13.1. The quantitative estimate of drug-likeness (QED) is 0.322. The second-order valence-electron chi connectivity index (χ2n) is 2.79. The summed E-state index contributed by atoms with van der Waals surface area (Å²) in [6.07, 6.45) is 0. The Bertz CT molecular complexity index is 522. The third kappa shape index (κ3) is 2.98. The minimum atomic E-state index is -1.36. The van der Waals surface area contributed by atoms with E-state index >= 15 is 0 Å². The van der Waals surface area contributed by atoms with E-state index in [4.69, 9.17) is 0 Å². The van der Waals surface area contributed by atoms with Crippen molar-refractivity contribution in [1.82, 2.24) is 0 Å². The predicted molar refractivity (Wildman–Crippen MR) is 51.9 cm³/mol. The number of carbonyl (C=O) groups is 1. The fraction of sp³-hybridized carbons (Fsp3) is 0.100. The van der Waals surface area contributed by atoms with Crippen molar-refractivity contribution in [2.45, 2.75) is 0 Å². The summed E-state index contributed by atoms with van der Waals surface area (Å²) in [7, 11) is 1.09. The Morgan fingerprint density at radius 1 is 1.41 bits per heavy atom. The first-order valence-corrected chi connectivity index (χ1v) is 4.19. The van der Waals surface area contributed by atoms with Gasteiger partial charge in [-0.25, -0.2) is 4.79 Å². The standard InChI is InChI=1S/C10H5F2NO4/c1-17-9(14)3-2-6-4-7(11)10(13(15)16)8(12)5-6/h4-5H,1H3. The number of methoxy groups -OCH3 is 1. The molecule has 0 unspecified atom stereocenters. The number of nitro benzene ring substituents is 1.